The van der Waals surface area contributed by atoms with E-state index in [9.17, 15) is 4.79 Å². The van der Waals surface area contributed by atoms with Gasteiger partial charge in [0.15, 0.2) is 0 Å². The summed E-state index contributed by atoms with van der Waals surface area (Å²) in [7, 11) is 1.58. The van der Waals surface area contributed by atoms with Gasteiger partial charge < -0.3 is 15.4 Å². The lowest BCUT2D eigenvalue weighted by atomic mass is 10.1. The van der Waals surface area contributed by atoms with E-state index >= 15 is 0 Å². The number of ether oxygens (including phenoxy) is 1. The predicted octanol–water partition coefficient (Wildman–Crippen LogP) is 0.397. The first kappa shape index (κ1) is 11.9. The third-order valence-corrected chi connectivity index (χ3v) is 3.01. The molecule has 0 aliphatic carbocycles. The van der Waals surface area contributed by atoms with Crippen molar-refractivity contribution in [1.82, 2.24) is 9.88 Å². The molecule has 5 nitrogen and oxygen atoms in total. The molecule has 2 heterocycles. The van der Waals surface area contributed by atoms with Crippen molar-refractivity contribution < 1.29 is 9.53 Å². The van der Waals surface area contributed by atoms with Gasteiger partial charge in [-0.05, 0) is 18.0 Å². The van der Waals surface area contributed by atoms with Gasteiger partial charge in [-0.3, -0.25) is 4.79 Å². The topological polar surface area (TPSA) is 68.5 Å². The van der Waals surface area contributed by atoms with E-state index in [4.69, 9.17) is 10.5 Å². The Morgan fingerprint density at radius 1 is 1.59 bits per heavy atom. The summed E-state index contributed by atoms with van der Waals surface area (Å²) in [6.45, 7) is 1.93. The third kappa shape index (κ3) is 2.74. The monoisotopic (exact) mass is 235 g/mol. The zero-order valence-corrected chi connectivity index (χ0v) is 9.93. The smallest absolute Gasteiger partial charge is 0.223 e. The number of nitrogens with zero attached hydrogens (tertiary/aromatic N) is 2. The van der Waals surface area contributed by atoms with Crippen LogP contribution in [0.4, 0.5) is 0 Å². The SMILES string of the molecule is COc1ccc(CN2CC(CN)CC2=O)cn1. The number of carbonyl (C=O) groups is 1. The summed E-state index contributed by atoms with van der Waals surface area (Å²) in [5.74, 6) is 1.06. The van der Waals surface area contributed by atoms with Crippen LogP contribution in [0.5, 0.6) is 5.88 Å². The Hall–Kier alpha value is -1.62. The number of methoxy groups -OCH3 is 1. The molecule has 0 saturated carbocycles. The summed E-state index contributed by atoms with van der Waals surface area (Å²) < 4.78 is 4.99. The first-order chi connectivity index (χ1) is 8.22. The highest BCUT2D eigenvalue weighted by atomic mass is 16.5. The number of hydrogen-bond acceptors (Lipinski definition) is 4. The maximum Gasteiger partial charge on any atom is 0.223 e. The highest BCUT2D eigenvalue weighted by Crippen LogP contribution is 2.19. The molecule has 5 heteroatoms. The molecule has 1 aromatic rings. The van der Waals surface area contributed by atoms with E-state index in [-0.39, 0.29) is 5.91 Å². The fraction of sp³-hybridized carbons (Fsp3) is 0.500. The fourth-order valence-corrected chi connectivity index (χ4v) is 2.01. The maximum absolute atomic E-state index is 11.7. The molecule has 1 saturated heterocycles. The molecular weight excluding hydrogens is 218 g/mol. The van der Waals surface area contributed by atoms with Crippen LogP contribution in [0.25, 0.3) is 0 Å². The molecule has 1 aliphatic rings. The van der Waals surface area contributed by atoms with E-state index in [1.165, 1.54) is 0 Å². The number of amides is 1. The number of carbonyl (C=O) groups excluding carboxylic acids is 1. The largest absolute Gasteiger partial charge is 0.481 e. The number of rotatable bonds is 4. The van der Waals surface area contributed by atoms with E-state index in [0.717, 1.165) is 12.1 Å². The van der Waals surface area contributed by atoms with Crippen molar-refractivity contribution in [3.63, 3.8) is 0 Å². The Labute approximate surface area is 101 Å². The molecule has 1 aliphatic heterocycles. The Balaban J connectivity index is 1.98. The van der Waals surface area contributed by atoms with Gasteiger partial charge in [-0.25, -0.2) is 4.98 Å². The van der Waals surface area contributed by atoms with E-state index in [1.54, 1.807) is 19.4 Å². The van der Waals surface area contributed by atoms with Gasteiger partial charge in [0.05, 0.1) is 7.11 Å². The van der Waals surface area contributed by atoms with Crippen LogP contribution in [-0.4, -0.2) is 36.0 Å². The zero-order chi connectivity index (χ0) is 12.3. The summed E-state index contributed by atoms with van der Waals surface area (Å²) in [5.41, 5.74) is 6.59. The van der Waals surface area contributed by atoms with Crippen LogP contribution in [0, 0.1) is 5.92 Å². The molecule has 0 bridgehead atoms. The molecule has 0 radical (unpaired) electrons. The van der Waals surface area contributed by atoms with Crippen molar-refractivity contribution in [2.45, 2.75) is 13.0 Å². The van der Waals surface area contributed by atoms with Gasteiger partial charge in [0.2, 0.25) is 11.8 Å². The van der Waals surface area contributed by atoms with E-state index in [2.05, 4.69) is 4.98 Å². The van der Waals surface area contributed by atoms with Gasteiger partial charge in [0.1, 0.15) is 0 Å². The lowest BCUT2D eigenvalue weighted by molar-refractivity contribution is -0.128. The molecule has 1 unspecified atom stereocenters. The number of nitrogens with two attached hydrogens (primary N) is 1. The predicted molar refractivity (Wildman–Crippen MR) is 63.4 cm³/mol. The maximum atomic E-state index is 11.7. The Morgan fingerprint density at radius 2 is 2.41 bits per heavy atom. The molecule has 1 amide bonds. The van der Waals surface area contributed by atoms with Crippen LogP contribution in [0.3, 0.4) is 0 Å². The summed E-state index contributed by atoms with van der Waals surface area (Å²) >= 11 is 0. The van der Waals surface area contributed by atoms with Crippen molar-refractivity contribution in [1.29, 1.82) is 0 Å². The summed E-state index contributed by atoms with van der Waals surface area (Å²) in [5, 5.41) is 0. The molecule has 1 atom stereocenters. The quantitative estimate of drug-likeness (QED) is 0.820. The number of aromatic nitrogens is 1. The van der Waals surface area contributed by atoms with Gasteiger partial charge in [-0.1, -0.05) is 6.07 Å². The minimum absolute atomic E-state index is 0.177. The second kappa shape index (κ2) is 5.14. The minimum atomic E-state index is 0.177. The molecule has 0 spiro atoms. The Morgan fingerprint density at radius 3 is 2.94 bits per heavy atom. The molecular formula is C12H17N3O2. The normalized spacial score (nSPS) is 19.8. The second-order valence-corrected chi connectivity index (χ2v) is 4.29. The highest BCUT2D eigenvalue weighted by Gasteiger charge is 2.28. The van der Waals surface area contributed by atoms with Crippen LogP contribution in [0.15, 0.2) is 18.3 Å². The molecule has 1 fully saturated rings. The molecule has 2 rings (SSSR count). The second-order valence-electron chi connectivity index (χ2n) is 4.29. The van der Waals surface area contributed by atoms with Crippen LogP contribution >= 0.6 is 0 Å². The van der Waals surface area contributed by atoms with E-state index in [1.807, 2.05) is 11.0 Å². The number of likely N-dealkylation sites (tertiary alicyclic amines) is 1. The third-order valence-electron chi connectivity index (χ3n) is 3.01. The van der Waals surface area contributed by atoms with Gasteiger partial charge in [-0.15, -0.1) is 0 Å². The van der Waals surface area contributed by atoms with Gasteiger partial charge in [-0.2, -0.15) is 0 Å². The lowest BCUT2D eigenvalue weighted by Gasteiger charge is -2.16. The molecule has 0 aromatic carbocycles. The zero-order valence-electron chi connectivity index (χ0n) is 9.93. The van der Waals surface area contributed by atoms with Gasteiger partial charge >= 0.3 is 0 Å². The van der Waals surface area contributed by atoms with Crippen molar-refractivity contribution in [3.05, 3.63) is 23.9 Å². The minimum Gasteiger partial charge on any atom is -0.481 e. The van der Waals surface area contributed by atoms with E-state index < -0.39 is 0 Å². The Kier molecular flexibility index (Phi) is 3.58. The van der Waals surface area contributed by atoms with Crippen molar-refractivity contribution in [3.8, 4) is 5.88 Å². The summed E-state index contributed by atoms with van der Waals surface area (Å²) in [4.78, 5) is 17.6. The number of hydrogen-bond donors (Lipinski definition) is 1. The van der Waals surface area contributed by atoms with E-state index in [0.29, 0.717) is 31.3 Å². The average molecular weight is 235 g/mol. The van der Waals surface area contributed by atoms with Gasteiger partial charge in [0, 0.05) is 31.8 Å². The highest BCUT2D eigenvalue weighted by molar-refractivity contribution is 5.78. The van der Waals surface area contributed by atoms with Crippen molar-refractivity contribution >= 4 is 5.91 Å². The lowest BCUT2D eigenvalue weighted by Crippen LogP contribution is -2.25. The van der Waals surface area contributed by atoms with Crippen LogP contribution < -0.4 is 10.5 Å². The number of pyridine rings is 1. The standard InChI is InChI=1S/C12H17N3O2/c1-17-11-3-2-9(6-14-11)7-15-8-10(5-13)4-12(15)16/h2-3,6,10H,4-5,7-8,13H2,1H3. The first-order valence-electron chi connectivity index (χ1n) is 5.69. The average Bonchev–Trinajstić information content (AvgIpc) is 2.71. The van der Waals surface area contributed by atoms with Crippen LogP contribution in [0.1, 0.15) is 12.0 Å². The molecule has 17 heavy (non-hydrogen) atoms. The van der Waals surface area contributed by atoms with Crippen molar-refractivity contribution in [2.24, 2.45) is 11.7 Å². The summed E-state index contributed by atoms with van der Waals surface area (Å²) in [6.07, 6.45) is 2.31. The molecule has 2 N–H and O–H groups in total. The van der Waals surface area contributed by atoms with Crippen LogP contribution in [0.2, 0.25) is 0 Å². The molecule has 92 valence electrons. The molecule has 1 aromatic heterocycles. The summed E-state index contributed by atoms with van der Waals surface area (Å²) in [6, 6.07) is 3.73. The fourth-order valence-electron chi connectivity index (χ4n) is 2.01. The Bertz CT molecular complexity index is 391. The van der Waals surface area contributed by atoms with Gasteiger partial charge in [0.25, 0.3) is 0 Å². The van der Waals surface area contributed by atoms with Crippen molar-refractivity contribution in [2.75, 3.05) is 20.2 Å². The van der Waals surface area contributed by atoms with Crippen LogP contribution in [-0.2, 0) is 11.3 Å². The first-order valence-corrected chi connectivity index (χ1v) is 5.69.